The number of nitro benzene ring substituents is 1. The third-order valence-corrected chi connectivity index (χ3v) is 3.69. The molecule has 0 aliphatic rings. The fourth-order valence-corrected chi connectivity index (χ4v) is 2.11. The summed E-state index contributed by atoms with van der Waals surface area (Å²) in [5, 5.41) is 5.38. The molecule has 0 radical (unpaired) electrons. The van der Waals surface area contributed by atoms with Gasteiger partial charge in [-0.1, -0.05) is 0 Å². The fraction of sp³-hybridized carbons (Fsp3) is 0.250. The molecule has 0 bridgehead atoms. The van der Waals surface area contributed by atoms with E-state index in [1.807, 2.05) is 0 Å². The van der Waals surface area contributed by atoms with Crippen molar-refractivity contribution in [1.82, 2.24) is 0 Å². The van der Waals surface area contributed by atoms with Crippen LogP contribution in [0, 0.1) is 10.1 Å². The summed E-state index contributed by atoms with van der Waals surface area (Å²) >= 11 is 1.96. The van der Waals surface area contributed by atoms with Gasteiger partial charge in [-0.3, -0.25) is 10.1 Å². The van der Waals surface area contributed by atoms with Crippen LogP contribution in [0.2, 0.25) is 0 Å². The third kappa shape index (κ3) is 3.31. The Morgan fingerprint density at radius 1 is 1.22 bits per heavy atom. The van der Waals surface area contributed by atoms with E-state index >= 15 is 0 Å². The number of hydrogen-bond acceptors (Lipinski definition) is 3. The topological polar surface area (TPSA) is 43.1 Å². The molecule has 1 rings (SSSR count). The maximum atomic E-state index is 12.8. The van der Waals surface area contributed by atoms with Gasteiger partial charge in [0.05, 0.1) is 4.92 Å². The standard InChI is InChI=1S/C8H3BrF5NO2S/c9-5-2-1-4(15(16)17)3-6(5)18-8(13,14)7(10,11)12/h1-3H. The molecule has 0 saturated carbocycles. The zero-order chi connectivity index (χ0) is 14.1. The Hall–Kier alpha value is -0.900. The number of hydrogen-bond donors (Lipinski definition) is 0. The molecule has 1 aromatic rings. The molecule has 0 aromatic heterocycles. The van der Waals surface area contributed by atoms with Crippen LogP contribution in [-0.4, -0.2) is 16.4 Å². The molecule has 0 aliphatic heterocycles. The van der Waals surface area contributed by atoms with Crippen LogP contribution in [0.1, 0.15) is 0 Å². The van der Waals surface area contributed by atoms with Gasteiger partial charge >= 0.3 is 11.4 Å². The van der Waals surface area contributed by atoms with E-state index in [4.69, 9.17) is 0 Å². The molecular formula is C8H3BrF5NO2S. The van der Waals surface area contributed by atoms with Crippen LogP contribution in [0.3, 0.4) is 0 Å². The minimum absolute atomic E-state index is 0.0815. The molecule has 0 heterocycles. The number of alkyl halides is 5. The highest BCUT2D eigenvalue weighted by atomic mass is 79.9. The molecule has 0 atom stereocenters. The summed E-state index contributed by atoms with van der Waals surface area (Å²) in [5.74, 6) is 0. The normalized spacial score (nSPS) is 12.6. The van der Waals surface area contributed by atoms with Crippen molar-refractivity contribution in [1.29, 1.82) is 0 Å². The van der Waals surface area contributed by atoms with Gasteiger partial charge in [0.15, 0.2) is 0 Å². The van der Waals surface area contributed by atoms with Crippen molar-refractivity contribution >= 4 is 33.4 Å². The molecule has 0 N–H and O–H groups in total. The average Bonchev–Trinajstić information content (AvgIpc) is 2.18. The van der Waals surface area contributed by atoms with Gasteiger partial charge < -0.3 is 0 Å². The van der Waals surface area contributed by atoms with E-state index in [1.165, 1.54) is 0 Å². The summed E-state index contributed by atoms with van der Waals surface area (Å²) in [5.41, 5.74) is -0.571. The van der Waals surface area contributed by atoms with Crippen LogP contribution >= 0.6 is 27.7 Å². The van der Waals surface area contributed by atoms with E-state index in [1.54, 1.807) is 0 Å². The van der Waals surface area contributed by atoms with Crippen LogP contribution in [0.25, 0.3) is 0 Å². The van der Waals surface area contributed by atoms with Gasteiger partial charge in [-0.25, -0.2) is 0 Å². The van der Waals surface area contributed by atoms with Crippen molar-refractivity contribution in [3.8, 4) is 0 Å². The zero-order valence-corrected chi connectivity index (χ0v) is 10.6. The van der Waals surface area contributed by atoms with Gasteiger partial charge in [-0.2, -0.15) is 22.0 Å². The summed E-state index contributed by atoms with van der Waals surface area (Å²) in [6.45, 7) is 0. The second-order valence-electron chi connectivity index (χ2n) is 2.99. The number of rotatable bonds is 3. The predicted octanol–water partition coefficient (Wildman–Crippen LogP) is 4.60. The highest BCUT2D eigenvalue weighted by Crippen LogP contribution is 2.49. The number of non-ortho nitro benzene ring substituents is 1. The Bertz CT molecular complexity index is 479. The van der Waals surface area contributed by atoms with E-state index in [-0.39, 0.29) is 4.47 Å². The monoisotopic (exact) mass is 351 g/mol. The zero-order valence-electron chi connectivity index (χ0n) is 8.17. The minimum atomic E-state index is -5.73. The van der Waals surface area contributed by atoms with Crippen LogP contribution < -0.4 is 0 Å². The Morgan fingerprint density at radius 2 is 1.78 bits per heavy atom. The number of benzene rings is 1. The van der Waals surface area contributed by atoms with Crippen molar-refractivity contribution in [3.63, 3.8) is 0 Å². The average molecular weight is 352 g/mol. The SMILES string of the molecule is O=[N+]([O-])c1ccc(Br)c(SC(F)(F)C(F)(F)F)c1. The summed E-state index contributed by atoms with van der Waals surface area (Å²) < 4.78 is 61.4. The first-order valence-electron chi connectivity index (χ1n) is 4.12. The highest BCUT2D eigenvalue weighted by molar-refractivity contribution is 9.10. The molecule has 0 fully saturated rings. The second-order valence-corrected chi connectivity index (χ2v) is 5.00. The lowest BCUT2D eigenvalue weighted by molar-refractivity contribution is -0.385. The van der Waals surface area contributed by atoms with Crippen molar-refractivity contribution < 1.29 is 26.9 Å². The van der Waals surface area contributed by atoms with Crippen LogP contribution in [-0.2, 0) is 0 Å². The third-order valence-electron chi connectivity index (χ3n) is 1.69. The molecule has 0 saturated heterocycles. The van der Waals surface area contributed by atoms with Gasteiger partial charge in [0.2, 0.25) is 0 Å². The first-order valence-corrected chi connectivity index (χ1v) is 5.73. The maximum absolute atomic E-state index is 12.8. The summed E-state index contributed by atoms with van der Waals surface area (Å²) in [6.07, 6.45) is -5.73. The molecule has 0 aliphatic carbocycles. The molecular weight excluding hydrogens is 349 g/mol. The minimum Gasteiger partial charge on any atom is -0.258 e. The van der Waals surface area contributed by atoms with E-state index in [2.05, 4.69) is 15.9 Å². The van der Waals surface area contributed by atoms with E-state index in [0.717, 1.165) is 12.1 Å². The molecule has 3 nitrogen and oxygen atoms in total. The molecule has 18 heavy (non-hydrogen) atoms. The van der Waals surface area contributed by atoms with Crippen molar-refractivity contribution in [2.75, 3.05) is 0 Å². The quantitative estimate of drug-likeness (QED) is 0.346. The van der Waals surface area contributed by atoms with E-state index in [9.17, 15) is 32.1 Å². The largest absolute Gasteiger partial charge is 0.464 e. The lowest BCUT2D eigenvalue weighted by Gasteiger charge is -2.19. The van der Waals surface area contributed by atoms with Crippen molar-refractivity contribution in [2.45, 2.75) is 16.3 Å². The fourth-order valence-electron chi connectivity index (χ4n) is 0.880. The van der Waals surface area contributed by atoms with E-state index in [0.29, 0.717) is 6.07 Å². The van der Waals surface area contributed by atoms with Gasteiger partial charge in [-0.05, 0) is 33.8 Å². The van der Waals surface area contributed by atoms with E-state index < -0.39 is 38.7 Å². The second kappa shape index (κ2) is 5.00. The molecule has 10 heteroatoms. The summed E-state index contributed by atoms with van der Waals surface area (Å²) in [6, 6.07) is 2.67. The summed E-state index contributed by atoms with van der Waals surface area (Å²) in [7, 11) is 0. The first-order chi connectivity index (χ1) is 8.04. The van der Waals surface area contributed by atoms with Gasteiger partial charge in [0.1, 0.15) is 0 Å². The van der Waals surface area contributed by atoms with Crippen LogP contribution in [0.4, 0.5) is 27.6 Å². The lowest BCUT2D eigenvalue weighted by atomic mass is 10.3. The van der Waals surface area contributed by atoms with Crippen molar-refractivity contribution in [3.05, 3.63) is 32.8 Å². The first kappa shape index (κ1) is 15.2. The Morgan fingerprint density at radius 3 is 2.22 bits per heavy atom. The number of halogens is 6. The molecule has 1 aromatic carbocycles. The molecule has 0 amide bonds. The Labute approximate surface area is 110 Å². The number of nitro groups is 1. The number of nitrogens with zero attached hydrogens (tertiary/aromatic N) is 1. The molecule has 100 valence electrons. The van der Waals surface area contributed by atoms with Crippen LogP contribution in [0.5, 0.6) is 0 Å². The Balaban J connectivity index is 3.11. The highest BCUT2D eigenvalue weighted by Gasteiger charge is 2.58. The van der Waals surface area contributed by atoms with Gasteiger partial charge in [-0.15, -0.1) is 0 Å². The summed E-state index contributed by atoms with van der Waals surface area (Å²) in [4.78, 5) is 8.95. The lowest BCUT2D eigenvalue weighted by Crippen LogP contribution is -2.32. The predicted molar refractivity (Wildman–Crippen MR) is 57.7 cm³/mol. The molecule has 0 spiro atoms. The van der Waals surface area contributed by atoms with Crippen molar-refractivity contribution in [2.24, 2.45) is 0 Å². The molecule has 0 unspecified atom stereocenters. The Kier molecular flexibility index (Phi) is 4.21. The smallest absolute Gasteiger partial charge is 0.258 e. The van der Waals surface area contributed by atoms with Gasteiger partial charge in [0, 0.05) is 21.5 Å². The van der Waals surface area contributed by atoms with Crippen LogP contribution in [0.15, 0.2) is 27.6 Å². The number of thioether (sulfide) groups is 1. The van der Waals surface area contributed by atoms with Gasteiger partial charge in [0.25, 0.3) is 5.69 Å². The maximum Gasteiger partial charge on any atom is 0.464 e.